The van der Waals surface area contributed by atoms with Gasteiger partial charge in [0.15, 0.2) is 5.69 Å². The second-order valence-electron chi connectivity index (χ2n) is 9.13. The van der Waals surface area contributed by atoms with Gasteiger partial charge in [-0.25, -0.2) is 9.78 Å². The molecule has 0 unspecified atom stereocenters. The summed E-state index contributed by atoms with van der Waals surface area (Å²) in [5, 5.41) is 6.13. The fourth-order valence-electron chi connectivity index (χ4n) is 4.27. The lowest BCUT2D eigenvalue weighted by atomic mass is 10.1. The van der Waals surface area contributed by atoms with Crippen molar-refractivity contribution < 1.29 is 18.0 Å². The van der Waals surface area contributed by atoms with Crippen molar-refractivity contribution in [1.82, 2.24) is 14.9 Å². The minimum absolute atomic E-state index is 0.206. The van der Waals surface area contributed by atoms with Gasteiger partial charge < -0.3 is 21.3 Å². The van der Waals surface area contributed by atoms with Crippen molar-refractivity contribution in [3.63, 3.8) is 0 Å². The Labute approximate surface area is 234 Å². The van der Waals surface area contributed by atoms with Crippen LogP contribution in [0.2, 0.25) is 10.0 Å². The first kappa shape index (κ1) is 28.7. The first-order valence-corrected chi connectivity index (χ1v) is 13.1. The third-order valence-corrected chi connectivity index (χ3v) is 6.95. The van der Waals surface area contributed by atoms with Gasteiger partial charge in [0.1, 0.15) is 5.82 Å². The molecule has 0 atom stereocenters. The van der Waals surface area contributed by atoms with E-state index in [2.05, 4.69) is 25.5 Å². The summed E-state index contributed by atoms with van der Waals surface area (Å²) in [4.78, 5) is 23.7. The van der Waals surface area contributed by atoms with Gasteiger partial charge in [0.25, 0.3) is 0 Å². The van der Waals surface area contributed by atoms with Crippen LogP contribution in [-0.2, 0) is 12.6 Å². The number of carbonyl (C=O) groups is 1. The Balaban J connectivity index is 1.17. The summed E-state index contributed by atoms with van der Waals surface area (Å²) in [6.45, 7) is 3.50. The molecule has 0 spiro atoms. The van der Waals surface area contributed by atoms with Gasteiger partial charge in [-0.05, 0) is 55.6 Å². The van der Waals surface area contributed by atoms with E-state index in [0.717, 1.165) is 50.5 Å². The van der Waals surface area contributed by atoms with E-state index in [1.165, 1.54) is 0 Å². The third kappa shape index (κ3) is 8.11. The molecule has 4 rings (SSSR count). The lowest BCUT2D eigenvalue weighted by Gasteiger charge is -2.35. The molecule has 1 fully saturated rings. The van der Waals surface area contributed by atoms with E-state index in [9.17, 15) is 18.0 Å². The maximum absolute atomic E-state index is 13.0. The number of hydrogen-bond acceptors (Lipinski definition) is 6. The zero-order chi connectivity index (χ0) is 28.0. The normalized spacial score (nSPS) is 14.3. The highest BCUT2D eigenvalue weighted by molar-refractivity contribution is 6.39. The highest BCUT2D eigenvalue weighted by Crippen LogP contribution is 2.31. The van der Waals surface area contributed by atoms with Crippen molar-refractivity contribution in [1.29, 1.82) is 0 Å². The van der Waals surface area contributed by atoms with Gasteiger partial charge >= 0.3 is 12.2 Å². The van der Waals surface area contributed by atoms with E-state index in [-0.39, 0.29) is 11.8 Å². The predicted octanol–water partition coefficient (Wildman–Crippen LogP) is 6.17. The Morgan fingerprint density at radius 3 is 2.26 bits per heavy atom. The largest absolute Gasteiger partial charge is 0.433 e. The molecule has 3 aromatic rings. The molecule has 2 heterocycles. The van der Waals surface area contributed by atoms with Gasteiger partial charge in [0.05, 0.1) is 15.7 Å². The number of carbonyl (C=O) groups excluding carboxylic acids is 1. The predicted molar refractivity (Wildman–Crippen MR) is 149 cm³/mol. The minimum Gasteiger partial charge on any atom is -0.368 e. The van der Waals surface area contributed by atoms with Crippen LogP contribution < -0.4 is 21.3 Å². The summed E-state index contributed by atoms with van der Waals surface area (Å²) in [7, 11) is 0. The number of nitrogen functional groups attached to an aromatic ring is 1. The number of alkyl halides is 3. The number of urea groups is 1. The zero-order valence-electron chi connectivity index (χ0n) is 20.9. The molecule has 0 bridgehead atoms. The fourth-order valence-corrected chi connectivity index (χ4v) is 4.76. The number of nitrogens with two attached hydrogens (primary N) is 1. The number of piperazine rings is 1. The standard InChI is InChI=1S/C26H28Cl2F3N7O/c27-19-5-3-6-20(28)23(19)36-25(39)33-18-9-7-17(8-10-18)4-1-2-11-37-12-14-38(15-13-37)22-16-21(26(29,30)31)34-24(32)35-22/h3,5-10,16H,1-2,4,11-15H2,(H2,32,34,35)(H2,33,36,39). The van der Waals surface area contributed by atoms with Crippen LogP contribution in [0.5, 0.6) is 0 Å². The molecule has 4 N–H and O–H groups in total. The van der Waals surface area contributed by atoms with Gasteiger partial charge in [0.2, 0.25) is 5.95 Å². The van der Waals surface area contributed by atoms with Crippen molar-refractivity contribution in [2.24, 2.45) is 0 Å². The van der Waals surface area contributed by atoms with E-state index in [1.54, 1.807) is 18.2 Å². The van der Waals surface area contributed by atoms with E-state index in [0.29, 0.717) is 34.5 Å². The van der Waals surface area contributed by atoms with Crippen molar-refractivity contribution >= 4 is 52.4 Å². The summed E-state index contributed by atoms with van der Waals surface area (Å²) in [5.74, 6) is -0.172. The van der Waals surface area contributed by atoms with Crippen molar-refractivity contribution in [2.75, 3.05) is 54.0 Å². The van der Waals surface area contributed by atoms with E-state index >= 15 is 0 Å². The number of aryl methyl sites for hydroxylation is 1. The number of rotatable bonds is 8. The van der Waals surface area contributed by atoms with Gasteiger partial charge in [-0.2, -0.15) is 18.2 Å². The Morgan fingerprint density at radius 2 is 1.62 bits per heavy atom. The number of aromatic nitrogens is 2. The lowest BCUT2D eigenvalue weighted by molar-refractivity contribution is -0.141. The zero-order valence-corrected chi connectivity index (χ0v) is 22.5. The lowest BCUT2D eigenvalue weighted by Crippen LogP contribution is -2.47. The van der Waals surface area contributed by atoms with E-state index in [1.807, 2.05) is 29.2 Å². The quantitative estimate of drug-likeness (QED) is 0.275. The highest BCUT2D eigenvalue weighted by Gasteiger charge is 2.34. The van der Waals surface area contributed by atoms with Crippen molar-refractivity contribution in [3.8, 4) is 0 Å². The summed E-state index contributed by atoms with van der Waals surface area (Å²) < 4.78 is 39.1. The number of benzene rings is 2. The van der Waals surface area contributed by atoms with Crippen LogP contribution in [0.25, 0.3) is 0 Å². The number of hydrogen-bond donors (Lipinski definition) is 3. The van der Waals surface area contributed by atoms with E-state index in [4.69, 9.17) is 28.9 Å². The molecular weight excluding hydrogens is 554 g/mol. The molecule has 8 nitrogen and oxygen atoms in total. The van der Waals surface area contributed by atoms with E-state index < -0.39 is 17.9 Å². The molecule has 1 aromatic heterocycles. The van der Waals surface area contributed by atoms with Crippen LogP contribution in [0.3, 0.4) is 0 Å². The second kappa shape index (κ2) is 12.7. The number of anilines is 4. The number of halogens is 5. The molecule has 2 aromatic carbocycles. The topological polar surface area (TPSA) is 99.4 Å². The number of para-hydroxylation sites is 1. The molecule has 13 heteroatoms. The first-order valence-electron chi connectivity index (χ1n) is 12.4. The number of amides is 2. The summed E-state index contributed by atoms with van der Waals surface area (Å²) in [6, 6.07) is 13.1. The summed E-state index contributed by atoms with van der Waals surface area (Å²) in [5.41, 5.74) is 6.62. The molecule has 0 saturated carbocycles. The van der Waals surface area contributed by atoms with Crippen LogP contribution in [0.1, 0.15) is 24.1 Å². The summed E-state index contributed by atoms with van der Waals surface area (Å²) >= 11 is 12.2. The second-order valence-corrected chi connectivity index (χ2v) is 9.94. The Hall–Kier alpha value is -3.28. The number of nitrogens with zero attached hydrogens (tertiary/aromatic N) is 4. The Bertz CT molecular complexity index is 1260. The fraction of sp³-hybridized carbons (Fsp3) is 0.346. The molecule has 39 heavy (non-hydrogen) atoms. The first-order chi connectivity index (χ1) is 18.6. The van der Waals surface area contributed by atoms with Crippen LogP contribution in [0, 0.1) is 0 Å². The summed E-state index contributed by atoms with van der Waals surface area (Å²) in [6.07, 6.45) is -1.71. The van der Waals surface area contributed by atoms with Crippen LogP contribution in [0.4, 0.5) is 41.1 Å². The van der Waals surface area contributed by atoms with Gasteiger partial charge in [-0.3, -0.25) is 4.90 Å². The minimum atomic E-state index is -4.56. The van der Waals surface area contributed by atoms with Crippen LogP contribution in [-0.4, -0.2) is 53.6 Å². The Kier molecular flexibility index (Phi) is 9.36. The number of nitrogens with one attached hydrogen (secondary N) is 2. The highest BCUT2D eigenvalue weighted by atomic mass is 35.5. The molecular formula is C26H28Cl2F3N7O. The molecule has 1 aliphatic rings. The maximum atomic E-state index is 13.0. The SMILES string of the molecule is Nc1nc(N2CCN(CCCCc3ccc(NC(=O)Nc4c(Cl)cccc4Cl)cc3)CC2)cc(C(F)(F)F)n1. The van der Waals surface area contributed by atoms with Crippen LogP contribution >= 0.6 is 23.2 Å². The van der Waals surface area contributed by atoms with Gasteiger partial charge in [-0.15, -0.1) is 0 Å². The smallest absolute Gasteiger partial charge is 0.368 e. The molecule has 0 radical (unpaired) electrons. The molecule has 1 aliphatic heterocycles. The van der Waals surface area contributed by atoms with Gasteiger partial charge in [-0.1, -0.05) is 41.4 Å². The van der Waals surface area contributed by atoms with Crippen molar-refractivity contribution in [2.45, 2.75) is 25.4 Å². The monoisotopic (exact) mass is 581 g/mol. The molecule has 1 saturated heterocycles. The van der Waals surface area contributed by atoms with Crippen LogP contribution in [0.15, 0.2) is 48.5 Å². The molecule has 0 aliphatic carbocycles. The maximum Gasteiger partial charge on any atom is 0.433 e. The van der Waals surface area contributed by atoms with Gasteiger partial charge in [0, 0.05) is 37.9 Å². The average Bonchev–Trinajstić information content (AvgIpc) is 2.89. The average molecular weight is 582 g/mol. The molecule has 2 amide bonds. The Morgan fingerprint density at radius 1 is 0.949 bits per heavy atom. The number of unbranched alkanes of at least 4 members (excludes halogenated alkanes) is 1. The molecule has 208 valence electrons. The third-order valence-electron chi connectivity index (χ3n) is 6.32. The van der Waals surface area contributed by atoms with Crippen molar-refractivity contribution in [3.05, 3.63) is 69.8 Å².